The molecule has 3 heteroatoms. The monoisotopic (exact) mass is 1890 g/mol. The van der Waals surface area contributed by atoms with Crippen molar-refractivity contribution < 1.29 is 0 Å². The van der Waals surface area contributed by atoms with E-state index in [0.717, 1.165) is 34.1 Å². The molecular formula is C144H117N3. The van der Waals surface area contributed by atoms with Crippen LogP contribution in [0.5, 0.6) is 0 Å². The Balaban J connectivity index is 0.000000115. The van der Waals surface area contributed by atoms with E-state index in [9.17, 15) is 0 Å². The summed E-state index contributed by atoms with van der Waals surface area (Å²) in [6.45, 7) is 28.3. The number of hydrogen-bond acceptors (Lipinski definition) is 3. The van der Waals surface area contributed by atoms with Crippen molar-refractivity contribution in [3.63, 3.8) is 0 Å². The lowest BCUT2D eigenvalue weighted by atomic mass is 9.79. The fourth-order valence-corrected chi connectivity index (χ4v) is 25.3. The zero-order valence-electron chi connectivity index (χ0n) is 85.6. The fourth-order valence-electron chi connectivity index (χ4n) is 25.3. The number of rotatable bonds is 15. The summed E-state index contributed by atoms with van der Waals surface area (Å²) in [5.74, 6) is 0. The second-order valence-corrected chi connectivity index (χ2v) is 43.9. The van der Waals surface area contributed by atoms with Gasteiger partial charge in [0.15, 0.2) is 0 Å². The summed E-state index contributed by atoms with van der Waals surface area (Å²) in [6.07, 6.45) is 0. The Morgan fingerprint density at radius 3 is 0.571 bits per heavy atom. The summed E-state index contributed by atoms with van der Waals surface area (Å²) in [6, 6.07) is 181. The van der Waals surface area contributed by atoms with Crippen LogP contribution in [0.1, 0.15) is 150 Å². The average Bonchev–Trinajstić information content (AvgIpc) is 1.56. The average molecular weight is 1890 g/mol. The van der Waals surface area contributed by atoms with E-state index in [1.54, 1.807) is 0 Å². The summed E-state index contributed by atoms with van der Waals surface area (Å²) in [7, 11) is 0. The summed E-state index contributed by atoms with van der Waals surface area (Å²) < 4.78 is 0. The maximum absolute atomic E-state index is 2.42. The lowest BCUT2D eigenvalue weighted by Crippen LogP contribution is -2.17. The van der Waals surface area contributed by atoms with Gasteiger partial charge in [-0.05, 0) is 340 Å². The minimum Gasteiger partial charge on any atom is -0.310 e. The molecule has 0 aromatic heterocycles. The SMILES string of the molecule is CC1(C)c2cc(-c3ccccc3)ccc2-c2ccc(N(c3ccccc3)c3ccc(-c4cccc5c4C(C)(C)c4ccccc4-5)cc3)cc21.CC1(C)c2ccccc2-c2ccc(-c3ccc(N(c4ccccc4)c4ccc5c(c4)C(C)(C)c4cc(-c6ccccc6)ccc4-5)cc3)cc21.CC1(C)c2ccccc2-c2ccc(-c3ccc(N(c4ccccc4)c4ccc5c(c4)C(C)(C)c4cc(-c6ccccc6)ccc4-5)cc3)cc21. The van der Waals surface area contributed by atoms with E-state index < -0.39 is 0 Å². The summed E-state index contributed by atoms with van der Waals surface area (Å²) in [4.78, 5) is 7.18. The molecule has 21 aromatic carbocycles. The Labute approximate surface area is 866 Å². The highest BCUT2D eigenvalue weighted by atomic mass is 15.2. The van der Waals surface area contributed by atoms with Crippen LogP contribution in [0, 0.1) is 0 Å². The smallest absolute Gasteiger partial charge is 0.0465 e. The van der Waals surface area contributed by atoms with Gasteiger partial charge in [0.25, 0.3) is 0 Å². The summed E-state index contributed by atoms with van der Waals surface area (Å²) in [5, 5.41) is 0. The van der Waals surface area contributed by atoms with Crippen LogP contribution in [0.4, 0.5) is 51.2 Å². The topological polar surface area (TPSA) is 9.72 Å². The summed E-state index contributed by atoms with van der Waals surface area (Å²) in [5.41, 5.74) is 57.8. The number of benzene rings is 21. The first-order valence-electron chi connectivity index (χ1n) is 52.1. The molecule has 21 aromatic rings. The molecule has 0 aliphatic heterocycles. The van der Waals surface area contributed by atoms with Gasteiger partial charge in [0.1, 0.15) is 0 Å². The Bertz CT molecular complexity index is 8370. The lowest BCUT2D eigenvalue weighted by molar-refractivity contribution is 0.660. The molecule has 0 N–H and O–H groups in total. The molecule has 27 rings (SSSR count). The molecule has 3 nitrogen and oxygen atoms in total. The van der Waals surface area contributed by atoms with Crippen molar-refractivity contribution in [2.24, 2.45) is 0 Å². The van der Waals surface area contributed by atoms with Crippen molar-refractivity contribution in [2.75, 3.05) is 14.7 Å². The predicted molar refractivity (Wildman–Crippen MR) is 621 cm³/mol. The quantitative estimate of drug-likeness (QED) is 0.101. The maximum atomic E-state index is 2.42. The number of fused-ring (bicyclic) bond motifs is 18. The van der Waals surface area contributed by atoms with Crippen LogP contribution in [0.25, 0.3) is 134 Å². The van der Waals surface area contributed by atoms with E-state index in [4.69, 9.17) is 0 Å². The van der Waals surface area contributed by atoms with Crippen molar-refractivity contribution in [1.82, 2.24) is 0 Å². The molecule has 0 heterocycles. The van der Waals surface area contributed by atoms with Crippen LogP contribution in [-0.2, 0) is 32.5 Å². The van der Waals surface area contributed by atoms with E-state index >= 15 is 0 Å². The second kappa shape index (κ2) is 35.5. The van der Waals surface area contributed by atoms with Crippen LogP contribution in [0.15, 0.2) is 491 Å². The third kappa shape index (κ3) is 15.4. The predicted octanol–water partition coefficient (Wildman–Crippen LogP) is 39.3. The van der Waals surface area contributed by atoms with Gasteiger partial charge in [0.05, 0.1) is 0 Å². The van der Waals surface area contributed by atoms with Gasteiger partial charge in [-0.1, -0.05) is 435 Å². The normalized spacial score (nSPS) is 14.4. The molecular weight excluding hydrogens is 1770 g/mol. The van der Waals surface area contributed by atoms with Gasteiger partial charge in [0, 0.05) is 83.7 Å². The van der Waals surface area contributed by atoms with Crippen molar-refractivity contribution in [3.05, 3.63) is 558 Å². The number of hydrogen-bond donors (Lipinski definition) is 0. The highest BCUT2D eigenvalue weighted by Gasteiger charge is 2.44. The molecule has 0 atom stereocenters. The van der Waals surface area contributed by atoms with E-state index in [1.165, 1.54) is 217 Å². The molecule has 0 spiro atoms. The molecule has 0 fully saturated rings. The lowest BCUT2D eigenvalue weighted by Gasteiger charge is -2.28. The van der Waals surface area contributed by atoms with Crippen molar-refractivity contribution in [2.45, 2.75) is 116 Å². The largest absolute Gasteiger partial charge is 0.310 e. The zero-order valence-corrected chi connectivity index (χ0v) is 85.6. The minimum absolute atomic E-state index is 0.0178. The highest BCUT2D eigenvalue weighted by molar-refractivity contribution is 5.96. The Morgan fingerprint density at radius 2 is 0.286 bits per heavy atom. The molecule has 6 aliphatic carbocycles. The molecule has 147 heavy (non-hydrogen) atoms. The minimum atomic E-state index is -0.129. The fraction of sp³-hybridized carbons (Fsp3) is 0.125. The van der Waals surface area contributed by atoms with E-state index in [1.807, 2.05) is 0 Å². The maximum Gasteiger partial charge on any atom is 0.0465 e. The molecule has 708 valence electrons. The molecule has 0 saturated carbocycles. The van der Waals surface area contributed by atoms with Crippen LogP contribution >= 0.6 is 0 Å². The van der Waals surface area contributed by atoms with Crippen molar-refractivity contribution in [3.8, 4) is 134 Å². The van der Waals surface area contributed by atoms with Crippen LogP contribution < -0.4 is 14.7 Å². The first kappa shape index (κ1) is 91.2. The van der Waals surface area contributed by atoms with Gasteiger partial charge in [-0.3, -0.25) is 0 Å². The van der Waals surface area contributed by atoms with Gasteiger partial charge >= 0.3 is 0 Å². The number of nitrogens with zero attached hydrogens (tertiary/aromatic N) is 3. The first-order valence-corrected chi connectivity index (χ1v) is 52.1. The molecule has 0 amide bonds. The molecule has 0 saturated heterocycles. The number of para-hydroxylation sites is 3. The first-order chi connectivity index (χ1) is 71.4. The van der Waals surface area contributed by atoms with Crippen LogP contribution in [-0.4, -0.2) is 0 Å². The Hall–Kier alpha value is -17.0. The van der Waals surface area contributed by atoms with Crippen LogP contribution in [0.2, 0.25) is 0 Å². The van der Waals surface area contributed by atoms with E-state index in [2.05, 4.69) is 589 Å². The third-order valence-electron chi connectivity index (χ3n) is 33.2. The highest BCUT2D eigenvalue weighted by Crippen LogP contribution is 2.60. The number of anilines is 9. The van der Waals surface area contributed by atoms with Gasteiger partial charge in [-0.15, -0.1) is 0 Å². The zero-order chi connectivity index (χ0) is 100.0. The van der Waals surface area contributed by atoms with Gasteiger partial charge < -0.3 is 14.7 Å². The molecule has 6 aliphatic rings. The van der Waals surface area contributed by atoms with Crippen LogP contribution in [0.3, 0.4) is 0 Å². The molecule has 0 unspecified atom stereocenters. The molecule has 0 bridgehead atoms. The van der Waals surface area contributed by atoms with Gasteiger partial charge in [-0.2, -0.15) is 0 Å². The van der Waals surface area contributed by atoms with Crippen molar-refractivity contribution >= 4 is 51.2 Å². The van der Waals surface area contributed by atoms with Gasteiger partial charge in [0.2, 0.25) is 0 Å². The van der Waals surface area contributed by atoms with Gasteiger partial charge in [-0.25, -0.2) is 0 Å². The van der Waals surface area contributed by atoms with Crippen molar-refractivity contribution in [1.29, 1.82) is 0 Å². The molecule has 0 radical (unpaired) electrons. The standard InChI is InChI=1S/3C48H39N/c1-47(2)44-30-34(32-14-7-5-8-15-32)24-28-40(44)41-29-27-37(31-45(41)47)49(35-16-9-6-10-17-35)36-25-22-33(23-26-36)38-19-13-20-42-39-18-11-12-21-43(39)48(3,4)46(38)42;2*1-47(2)43-18-12-11-17-39(43)40-26-22-35(30-44(40)47)33-19-23-37(24-20-33)49(36-15-9-6-10-16-36)38-25-28-42-41-27-21-34(32-13-7-5-8-14-32)29-45(41)48(3,4)46(42)31-38/h3*5-31H,1-4H3. The Morgan fingerprint density at radius 1 is 0.109 bits per heavy atom. The third-order valence-corrected chi connectivity index (χ3v) is 33.2. The van der Waals surface area contributed by atoms with E-state index in [0.29, 0.717) is 0 Å². The van der Waals surface area contributed by atoms with E-state index in [-0.39, 0.29) is 32.5 Å². The summed E-state index contributed by atoms with van der Waals surface area (Å²) >= 11 is 0. The Kier molecular flexibility index (Phi) is 22.0. The second-order valence-electron chi connectivity index (χ2n) is 43.9.